The minimum atomic E-state index is -0.615. The monoisotopic (exact) mass is 375 g/mol. The van der Waals surface area contributed by atoms with Crippen LogP contribution in [0.2, 0.25) is 0 Å². The number of carbonyl (C=O) groups is 2. The van der Waals surface area contributed by atoms with Crippen molar-refractivity contribution in [3.05, 3.63) is 90.3 Å². The fourth-order valence-corrected chi connectivity index (χ4v) is 2.55. The second-order valence-corrected chi connectivity index (χ2v) is 6.19. The van der Waals surface area contributed by atoms with E-state index in [4.69, 9.17) is 4.74 Å². The van der Waals surface area contributed by atoms with Gasteiger partial charge in [-0.15, -0.1) is 0 Å². The molecule has 28 heavy (non-hydrogen) atoms. The van der Waals surface area contributed by atoms with Gasteiger partial charge in [-0.1, -0.05) is 30.3 Å². The first kappa shape index (κ1) is 19.1. The van der Waals surface area contributed by atoms with Gasteiger partial charge < -0.3 is 15.4 Å². The number of rotatable bonds is 7. The number of hydrogen-bond acceptors (Lipinski definition) is 4. The predicted molar refractivity (Wildman–Crippen MR) is 107 cm³/mol. The van der Waals surface area contributed by atoms with Crippen molar-refractivity contribution in [1.29, 1.82) is 0 Å². The van der Waals surface area contributed by atoms with Crippen LogP contribution in [0.3, 0.4) is 0 Å². The molecule has 0 fully saturated rings. The first-order chi connectivity index (χ1) is 13.6. The highest BCUT2D eigenvalue weighted by Crippen LogP contribution is 2.13. The fourth-order valence-electron chi connectivity index (χ4n) is 2.55. The topological polar surface area (TPSA) is 80.3 Å². The van der Waals surface area contributed by atoms with Crippen LogP contribution in [-0.4, -0.2) is 22.9 Å². The predicted octanol–water partition coefficient (Wildman–Crippen LogP) is 3.42. The quantitative estimate of drug-likeness (QED) is 0.663. The third-order valence-electron chi connectivity index (χ3n) is 4.00. The average Bonchev–Trinajstić information content (AvgIpc) is 2.73. The molecular formula is C22H21N3O3. The number of anilines is 1. The Labute approximate surface area is 163 Å². The average molecular weight is 375 g/mol. The lowest BCUT2D eigenvalue weighted by Gasteiger charge is -2.15. The Bertz CT molecular complexity index is 930. The molecule has 0 saturated carbocycles. The van der Waals surface area contributed by atoms with Gasteiger partial charge in [0.25, 0.3) is 11.8 Å². The van der Waals surface area contributed by atoms with E-state index in [1.807, 2.05) is 36.4 Å². The first-order valence-electron chi connectivity index (χ1n) is 8.91. The highest BCUT2D eigenvalue weighted by molar-refractivity contribution is 6.04. The number of aromatic nitrogens is 1. The van der Waals surface area contributed by atoms with Gasteiger partial charge in [0, 0.05) is 24.6 Å². The van der Waals surface area contributed by atoms with E-state index in [9.17, 15) is 9.59 Å². The van der Waals surface area contributed by atoms with Crippen LogP contribution in [0.1, 0.15) is 22.8 Å². The summed E-state index contributed by atoms with van der Waals surface area (Å²) < 4.78 is 5.61. The number of benzene rings is 2. The van der Waals surface area contributed by atoms with Crippen molar-refractivity contribution in [2.24, 2.45) is 0 Å². The molecule has 0 spiro atoms. The molecule has 1 aromatic heterocycles. The molecule has 6 nitrogen and oxygen atoms in total. The molecule has 0 saturated heterocycles. The maximum absolute atomic E-state index is 12.3. The lowest BCUT2D eigenvalue weighted by molar-refractivity contribution is -0.127. The number of nitrogens with one attached hydrogen (secondary N) is 2. The summed E-state index contributed by atoms with van der Waals surface area (Å²) in [6, 6.07) is 19.9. The fraction of sp³-hybridized carbons (Fsp3) is 0.136. The molecule has 0 aliphatic rings. The van der Waals surface area contributed by atoms with Crippen molar-refractivity contribution < 1.29 is 14.3 Å². The molecule has 3 rings (SSSR count). The van der Waals surface area contributed by atoms with Gasteiger partial charge in [0.2, 0.25) is 0 Å². The van der Waals surface area contributed by atoms with Gasteiger partial charge in [-0.2, -0.15) is 0 Å². The van der Waals surface area contributed by atoms with Gasteiger partial charge in [-0.05, 0) is 48.9 Å². The maximum Gasteiger partial charge on any atom is 0.261 e. The summed E-state index contributed by atoms with van der Waals surface area (Å²) in [6.45, 7) is 2.03. The summed E-state index contributed by atoms with van der Waals surface area (Å²) in [6.07, 6.45) is 2.51. The summed E-state index contributed by atoms with van der Waals surface area (Å²) in [7, 11) is 0. The molecule has 0 bridgehead atoms. The van der Waals surface area contributed by atoms with Crippen LogP contribution in [0.25, 0.3) is 0 Å². The van der Waals surface area contributed by atoms with Crippen LogP contribution in [0.15, 0.2) is 79.1 Å². The van der Waals surface area contributed by atoms with Gasteiger partial charge in [0.15, 0.2) is 6.10 Å². The van der Waals surface area contributed by atoms with E-state index in [1.54, 1.807) is 43.5 Å². The van der Waals surface area contributed by atoms with E-state index >= 15 is 0 Å². The Morgan fingerprint density at radius 3 is 2.61 bits per heavy atom. The Hall–Kier alpha value is -3.67. The van der Waals surface area contributed by atoms with Crippen LogP contribution < -0.4 is 15.4 Å². The van der Waals surface area contributed by atoms with Gasteiger partial charge in [-0.3, -0.25) is 14.6 Å². The summed E-state index contributed by atoms with van der Waals surface area (Å²) in [4.78, 5) is 28.4. The molecule has 0 aliphatic heterocycles. The summed E-state index contributed by atoms with van der Waals surface area (Å²) >= 11 is 0. The first-order valence-corrected chi connectivity index (χ1v) is 8.91. The van der Waals surface area contributed by atoms with Crippen molar-refractivity contribution in [2.45, 2.75) is 19.6 Å². The highest BCUT2D eigenvalue weighted by Gasteiger charge is 2.14. The molecule has 1 atom stereocenters. The summed E-state index contributed by atoms with van der Waals surface area (Å²) in [5.41, 5.74) is 1.99. The Balaban J connectivity index is 1.54. The van der Waals surface area contributed by atoms with Crippen molar-refractivity contribution in [2.75, 3.05) is 5.32 Å². The van der Waals surface area contributed by atoms with Crippen LogP contribution >= 0.6 is 0 Å². The minimum Gasteiger partial charge on any atom is -0.481 e. The number of carbonyl (C=O) groups excluding carboxylic acids is 2. The SMILES string of the molecule is CC(Oc1ccccc1)C(=O)NCc1cccc(NC(=O)c2cccnc2)c1. The van der Waals surface area contributed by atoms with E-state index in [-0.39, 0.29) is 11.8 Å². The molecule has 1 unspecified atom stereocenters. The standard InChI is InChI=1S/C22H21N3O3/c1-16(28-20-10-3-2-4-11-20)21(26)24-14-17-7-5-9-19(13-17)25-22(27)18-8-6-12-23-15-18/h2-13,15-16H,14H2,1H3,(H,24,26)(H,25,27). The normalized spacial score (nSPS) is 11.3. The number of para-hydroxylation sites is 1. The Morgan fingerprint density at radius 1 is 1.04 bits per heavy atom. The molecule has 2 amide bonds. The van der Waals surface area contributed by atoms with Crippen LogP contribution in [0.4, 0.5) is 5.69 Å². The van der Waals surface area contributed by atoms with Crippen molar-refractivity contribution >= 4 is 17.5 Å². The second kappa shape index (κ2) is 9.32. The lowest BCUT2D eigenvalue weighted by atomic mass is 10.2. The van der Waals surface area contributed by atoms with E-state index in [0.29, 0.717) is 23.5 Å². The zero-order chi connectivity index (χ0) is 19.8. The zero-order valence-corrected chi connectivity index (χ0v) is 15.5. The van der Waals surface area contributed by atoms with Crippen molar-refractivity contribution in [3.8, 4) is 5.75 Å². The number of hydrogen-bond donors (Lipinski definition) is 2. The zero-order valence-electron chi connectivity index (χ0n) is 15.5. The largest absolute Gasteiger partial charge is 0.481 e. The number of nitrogens with zero attached hydrogens (tertiary/aromatic N) is 1. The molecule has 6 heteroatoms. The summed E-state index contributed by atoms with van der Waals surface area (Å²) in [5, 5.41) is 5.67. The van der Waals surface area contributed by atoms with Gasteiger partial charge >= 0.3 is 0 Å². The molecule has 1 heterocycles. The van der Waals surface area contributed by atoms with Crippen LogP contribution in [0, 0.1) is 0 Å². The van der Waals surface area contributed by atoms with Gasteiger partial charge in [-0.25, -0.2) is 0 Å². The molecule has 3 aromatic rings. The Kier molecular flexibility index (Phi) is 6.36. The number of ether oxygens (including phenoxy) is 1. The molecular weight excluding hydrogens is 354 g/mol. The molecule has 2 aromatic carbocycles. The van der Waals surface area contributed by atoms with Gasteiger partial charge in [0.1, 0.15) is 5.75 Å². The van der Waals surface area contributed by atoms with Crippen molar-refractivity contribution in [3.63, 3.8) is 0 Å². The minimum absolute atomic E-state index is 0.214. The lowest BCUT2D eigenvalue weighted by Crippen LogP contribution is -2.35. The molecule has 142 valence electrons. The van der Waals surface area contributed by atoms with E-state index in [2.05, 4.69) is 15.6 Å². The Morgan fingerprint density at radius 2 is 1.86 bits per heavy atom. The summed E-state index contributed by atoms with van der Waals surface area (Å²) in [5.74, 6) is 0.193. The second-order valence-electron chi connectivity index (χ2n) is 6.19. The van der Waals surface area contributed by atoms with Crippen LogP contribution in [0.5, 0.6) is 5.75 Å². The molecule has 2 N–H and O–H groups in total. The maximum atomic E-state index is 12.3. The van der Waals surface area contributed by atoms with Gasteiger partial charge in [0.05, 0.1) is 5.56 Å². The third kappa shape index (κ3) is 5.41. The number of pyridine rings is 1. The van der Waals surface area contributed by atoms with Crippen molar-refractivity contribution in [1.82, 2.24) is 10.3 Å². The van der Waals surface area contributed by atoms with E-state index in [0.717, 1.165) is 5.56 Å². The van der Waals surface area contributed by atoms with E-state index < -0.39 is 6.10 Å². The van der Waals surface area contributed by atoms with E-state index in [1.165, 1.54) is 6.20 Å². The molecule has 0 radical (unpaired) electrons. The highest BCUT2D eigenvalue weighted by atomic mass is 16.5. The smallest absolute Gasteiger partial charge is 0.261 e. The van der Waals surface area contributed by atoms with Crippen LogP contribution in [-0.2, 0) is 11.3 Å². The third-order valence-corrected chi connectivity index (χ3v) is 4.00. The molecule has 0 aliphatic carbocycles. The number of amides is 2.